The first-order valence-corrected chi connectivity index (χ1v) is 7.66. The smallest absolute Gasteiger partial charge is 0.234 e. The molecule has 3 nitrogen and oxygen atoms in total. The fraction of sp³-hybridized carbons (Fsp3) is 0. The van der Waals surface area contributed by atoms with Gasteiger partial charge >= 0.3 is 0 Å². The lowest BCUT2D eigenvalue weighted by Crippen LogP contribution is -2.01. The molecule has 5 heteroatoms. The molecule has 1 aromatic carbocycles. The van der Waals surface area contributed by atoms with Crippen molar-refractivity contribution in [2.45, 2.75) is 0 Å². The van der Waals surface area contributed by atoms with Gasteiger partial charge in [-0.15, -0.1) is 11.3 Å². The van der Waals surface area contributed by atoms with Gasteiger partial charge in [-0.2, -0.15) is 0 Å². The van der Waals surface area contributed by atoms with Gasteiger partial charge in [-0.25, -0.2) is 9.97 Å². The zero-order valence-corrected chi connectivity index (χ0v) is 12.5. The molecule has 0 saturated heterocycles. The third-order valence-corrected chi connectivity index (χ3v) is 4.54. The molecule has 4 rings (SSSR count). The minimum absolute atomic E-state index is 0.665. The van der Waals surface area contributed by atoms with Gasteiger partial charge in [-0.3, -0.25) is 4.57 Å². The van der Waals surface area contributed by atoms with E-state index in [4.69, 9.17) is 11.6 Å². The third-order valence-electron chi connectivity index (χ3n) is 3.29. The Labute approximate surface area is 130 Å². The van der Waals surface area contributed by atoms with E-state index in [-0.39, 0.29) is 0 Å². The van der Waals surface area contributed by atoms with Crippen LogP contribution in [0.15, 0.2) is 60.9 Å². The van der Waals surface area contributed by atoms with Gasteiger partial charge in [0.25, 0.3) is 0 Å². The van der Waals surface area contributed by atoms with Crippen LogP contribution >= 0.6 is 22.9 Å². The number of aromatic nitrogens is 3. The number of para-hydroxylation sites is 1. The van der Waals surface area contributed by atoms with Gasteiger partial charge in [0.2, 0.25) is 5.95 Å². The fourth-order valence-electron chi connectivity index (χ4n) is 2.41. The van der Waals surface area contributed by atoms with Crippen molar-refractivity contribution in [2.75, 3.05) is 0 Å². The Morgan fingerprint density at radius 1 is 0.952 bits per heavy atom. The predicted molar refractivity (Wildman–Crippen MR) is 87.2 cm³/mol. The second kappa shape index (κ2) is 4.98. The van der Waals surface area contributed by atoms with E-state index in [2.05, 4.69) is 32.7 Å². The largest absolute Gasteiger partial charge is 0.277 e. The van der Waals surface area contributed by atoms with Crippen molar-refractivity contribution in [3.05, 3.63) is 65.3 Å². The summed E-state index contributed by atoms with van der Waals surface area (Å²) in [5.41, 5.74) is 2.14. The molecule has 4 aromatic rings. The van der Waals surface area contributed by atoms with Crippen molar-refractivity contribution >= 4 is 33.8 Å². The second-order valence-corrected chi connectivity index (χ2v) is 6.29. The summed E-state index contributed by atoms with van der Waals surface area (Å²) >= 11 is 7.64. The number of benzene rings is 1. The third kappa shape index (κ3) is 2.13. The molecule has 0 aliphatic heterocycles. The van der Waals surface area contributed by atoms with Crippen molar-refractivity contribution in [1.29, 1.82) is 0 Å². The normalized spacial score (nSPS) is 11.1. The molecule has 0 spiro atoms. The molecule has 0 atom stereocenters. The van der Waals surface area contributed by atoms with E-state index in [1.165, 1.54) is 0 Å². The highest BCUT2D eigenvalue weighted by atomic mass is 35.5. The fourth-order valence-corrected chi connectivity index (χ4v) is 3.46. The summed E-state index contributed by atoms with van der Waals surface area (Å²) in [6.45, 7) is 0. The highest BCUT2D eigenvalue weighted by Gasteiger charge is 2.15. The van der Waals surface area contributed by atoms with Crippen molar-refractivity contribution in [3.8, 4) is 16.5 Å². The van der Waals surface area contributed by atoms with E-state index >= 15 is 0 Å². The maximum atomic E-state index is 6.09. The first-order valence-electron chi connectivity index (χ1n) is 6.46. The van der Waals surface area contributed by atoms with Crippen LogP contribution in [0.1, 0.15) is 0 Å². The van der Waals surface area contributed by atoms with E-state index < -0.39 is 0 Å². The van der Waals surface area contributed by atoms with Gasteiger partial charge < -0.3 is 0 Å². The van der Waals surface area contributed by atoms with Crippen LogP contribution < -0.4 is 0 Å². The minimum Gasteiger partial charge on any atom is -0.277 e. The molecular formula is C16H10ClN3S. The van der Waals surface area contributed by atoms with Crippen molar-refractivity contribution in [3.63, 3.8) is 0 Å². The molecule has 102 valence electrons. The van der Waals surface area contributed by atoms with Crippen molar-refractivity contribution in [1.82, 2.24) is 14.5 Å². The van der Waals surface area contributed by atoms with Crippen LogP contribution in [-0.2, 0) is 0 Å². The topological polar surface area (TPSA) is 30.7 Å². The summed E-state index contributed by atoms with van der Waals surface area (Å²) in [4.78, 5) is 9.88. The monoisotopic (exact) mass is 311 g/mol. The van der Waals surface area contributed by atoms with E-state index in [9.17, 15) is 0 Å². The Kier molecular flexibility index (Phi) is 2.98. The van der Waals surface area contributed by atoms with Crippen LogP contribution in [0.5, 0.6) is 0 Å². The van der Waals surface area contributed by atoms with Crippen molar-refractivity contribution in [2.24, 2.45) is 0 Å². The maximum absolute atomic E-state index is 6.09. The Morgan fingerprint density at radius 2 is 1.76 bits per heavy atom. The summed E-state index contributed by atoms with van der Waals surface area (Å²) in [5, 5.41) is 1.16. The number of hydrogen-bond donors (Lipinski definition) is 0. The summed E-state index contributed by atoms with van der Waals surface area (Å²) in [7, 11) is 0. The molecule has 0 bridgehead atoms. The van der Waals surface area contributed by atoms with E-state index in [1.54, 1.807) is 23.7 Å². The highest BCUT2D eigenvalue weighted by molar-refractivity contribution is 7.19. The van der Waals surface area contributed by atoms with Crippen LogP contribution in [-0.4, -0.2) is 14.5 Å². The highest BCUT2D eigenvalue weighted by Crippen LogP contribution is 2.35. The lowest BCUT2D eigenvalue weighted by molar-refractivity contribution is 0.969. The Morgan fingerprint density at radius 3 is 2.52 bits per heavy atom. The second-order valence-electron chi connectivity index (χ2n) is 4.58. The minimum atomic E-state index is 0.665. The lowest BCUT2D eigenvalue weighted by Gasteiger charge is -2.07. The molecule has 0 aliphatic rings. The number of rotatable bonds is 2. The van der Waals surface area contributed by atoms with Crippen LogP contribution in [0.3, 0.4) is 0 Å². The predicted octanol–water partition coefficient (Wildman–Crippen LogP) is 4.80. The van der Waals surface area contributed by atoms with E-state index in [0.717, 1.165) is 25.8 Å². The van der Waals surface area contributed by atoms with E-state index in [1.807, 2.05) is 30.3 Å². The average Bonchev–Trinajstić information content (AvgIpc) is 3.11. The number of hydrogen-bond acceptors (Lipinski definition) is 3. The standard InChI is InChI=1S/C16H10ClN3S/c17-15-7-6-14(21-15)13-10-11-4-1-2-5-12(11)20(13)16-18-8-3-9-19-16/h1-10H. The van der Waals surface area contributed by atoms with Gasteiger partial charge in [-0.05, 0) is 30.3 Å². The molecule has 3 aromatic heterocycles. The molecule has 3 heterocycles. The molecule has 0 saturated carbocycles. The molecule has 21 heavy (non-hydrogen) atoms. The quantitative estimate of drug-likeness (QED) is 0.532. The van der Waals surface area contributed by atoms with Crippen LogP contribution in [0.2, 0.25) is 4.34 Å². The number of thiophene rings is 1. The Bertz CT molecular complexity index is 912. The molecular weight excluding hydrogens is 302 g/mol. The zero-order valence-electron chi connectivity index (χ0n) is 10.9. The molecule has 0 radical (unpaired) electrons. The number of halogens is 1. The molecule has 0 aliphatic carbocycles. The summed E-state index contributed by atoms with van der Waals surface area (Å²) in [6, 6.07) is 16.1. The average molecular weight is 312 g/mol. The first kappa shape index (κ1) is 12.6. The van der Waals surface area contributed by atoms with Gasteiger partial charge in [0, 0.05) is 17.8 Å². The van der Waals surface area contributed by atoms with Gasteiger partial charge in [0.05, 0.1) is 20.4 Å². The van der Waals surface area contributed by atoms with E-state index in [0.29, 0.717) is 5.95 Å². The summed E-state index contributed by atoms with van der Waals surface area (Å²) in [5.74, 6) is 0.665. The molecule has 0 N–H and O–H groups in total. The number of nitrogens with zero attached hydrogens (tertiary/aromatic N) is 3. The first-order chi connectivity index (χ1) is 10.3. The van der Waals surface area contributed by atoms with Gasteiger partial charge in [0.1, 0.15) is 0 Å². The van der Waals surface area contributed by atoms with Crippen LogP contribution in [0, 0.1) is 0 Å². The molecule has 0 fully saturated rings. The summed E-state index contributed by atoms with van der Waals surface area (Å²) < 4.78 is 2.84. The Balaban J connectivity index is 2.06. The zero-order chi connectivity index (χ0) is 14.2. The Hall–Kier alpha value is -2.17. The van der Waals surface area contributed by atoms with Crippen LogP contribution in [0.25, 0.3) is 27.4 Å². The van der Waals surface area contributed by atoms with Gasteiger partial charge in [0.15, 0.2) is 0 Å². The summed E-state index contributed by atoms with van der Waals surface area (Å²) in [6.07, 6.45) is 3.50. The maximum Gasteiger partial charge on any atom is 0.234 e. The van der Waals surface area contributed by atoms with Gasteiger partial charge in [-0.1, -0.05) is 29.8 Å². The molecule has 0 amide bonds. The van der Waals surface area contributed by atoms with Crippen molar-refractivity contribution < 1.29 is 0 Å². The SMILES string of the molecule is Clc1ccc(-c2cc3ccccc3n2-c2ncccn2)s1. The number of fused-ring (bicyclic) bond motifs is 1. The lowest BCUT2D eigenvalue weighted by atomic mass is 10.2. The van der Waals surface area contributed by atoms with Crippen LogP contribution in [0.4, 0.5) is 0 Å². The molecule has 0 unspecified atom stereocenters.